The van der Waals surface area contributed by atoms with E-state index in [4.69, 9.17) is 10.9 Å². The van der Waals surface area contributed by atoms with Gasteiger partial charge in [-0.2, -0.15) is 0 Å². The molecule has 0 aliphatic rings. The molecular weight excluding hydrogens is 337 g/mol. The van der Waals surface area contributed by atoms with E-state index in [1.807, 2.05) is 24.1 Å². The molecule has 0 bridgehead atoms. The van der Waals surface area contributed by atoms with Gasteiger partial charge in [0, 0.05) is 24.8 Å². The van der Waals surface area contributed by atoms with Crippen LogP contribution in [0.5, 0.6) is 0 Å². The number of hydrogen-bond donors (Lipinski definition) is 2. The Morgan fingerprint density at radius 1 is 1.29 bits per heavy atom. The molecule has 0 fully saturated rings. The Balaban J connectivity index is 2.12. The average Bonchev–Trinajstić information content (AvgIpc) is 2.50. The Hall–Kier alpha value is -2.08. The van der Waals surface area contributed by atoms with Crippen LogP contribution in [0.3, 0.4) is 0 Å². The minimum atomic E-state index is -0.274. The van der Waals surface area contributed by atoms with E-state index in [1.165, 1.54) is 6.07 Å². The maximum atomic E-state index is 13.2. The third-order valence-corrected chi connectivity index (χ3v) is 3.72. The summed E-state index contributed by atoms with van der Waals surface area (Å²) in [6.07, 6.45) is 0. The normalized spacial score (nSPS) is 11.5. The summed E-state index contributed by atoms with van der Waals surface area (Å²) in [5, 5.41) is 11.6. The third kappa shape index (κ3) is 3.72. The monoisotopic (exact) mass is 351 g/mol. The Bertz CT molecular complexity index is 658. The van der Waals surface area contributed by atoms with E-state index in [-0.39, 0.29) is 11.7 Å². The van der Waals surface area contributed by atoms with Crippen LogP contribution in [-0.2, 0) is 6.54 Å². The zero-order valence-corrected chi connectivity index (χ0v) is 13.0. The van der Waals surface area contributed by atoms with Crippen LogP contribution in [-0.4, -0.2) is 18.1 Å². The molecule has 0 aromatic heterocycles. The highest BCUT2D eigenvalue weighted by molar-refractivity contribution is 9.10. The van der Waals surface area contributed by atoms with E-state index in [9.17, 15) is 4.39 Å². The van der Waals surface area contributed by atoms with Gasteiger partial charge in [-0.15, -0.1) is 0 Å². The molecule has 0 radical (unpaired) electrons. The fourth-order valence-corrected chi connectivity index (χ4v) is 2.37. The summed E-state index contributed by atoms with van der Waals surface area (Å²) in [5.74, 6) is -0.198. The van der Waals surface area contributed by atoms with Gasteiger partial charge in [0.15, 0.2) is 5.84 Å². The SMILES string of the molecule is CN(Cc1ccc(F)c(Br)c1)c1ccc(C(N)=NO)cc1. The molecule has 0 unspecified atom stereocenters. The minimum Gasteiger partial charge on any atom is -0.409 e. The molecule has 110 valence electrons. The van der Waals surface area contributed by atoms with E-state index in [0.717, 1.165) is 11.3 Å². The standard InChI is InChI=1S/C15H15BrFN3O/c1-20(9-10-2-7-14(17)13(16)8-10)12-5-3-11(4-6-12)15(18)19-21/h2-8,21H,9H2,1H3,(H2,18,19). The fourth-order valence-electron chi connectivity index (χ4n) is 1.95. The number of nitrogens with zero attached hydrogens (tertiary/aromatic N) is 2. The summed E-state index contributed by atoms with van der Waals surface area (Å²) in [4.78, 5) is 2.02. The van der Waals surface area contributed by atoms with Gasteiger partial charge in [0.25, 0.3) is 0 Å². The smallest absolute Gasteiger partial charge is 0.170 e. The molecule has 0 aliphatic heterocycles. The number of halogens is 2. The molecule has 0 amide bonds. The van der Waals surface area contributed by atoms with Gasteiger partial charge in [0.05, 0.1) is 4.47 Å². The molecule has 2 aromatic rings. The summed E-state index contributed by atoms with van der Waals surface area (Å²) >= 11 is 3.18. The Morgan fingerprint density at radius 3 is 2.52 bits per heavy atom. The van der Waals surface area contributed by atoms with E-state index < -0.39 is 0 Å². The van der Waals surface area contributed by atoms with Gasteiger partial charge in [0.2, 0.25) is 0 Å². The largest absolute Gasteiger partial charge is 0.409 e. The van der Waals surface area contributed by atoms with Gasteiger partial charge >= 0.3 is 0 Å². The second-order valence-electron chi connectivity index (χ2n) is 4.64. The van der Waals surface area contributed by atoms with Crippen molar-refractivity contribution >= 4 is 27.5 Å². The van der Waals surface area contributed by atoms with Crippen LogP contribution < -0.4 is 10.6 Å². The number of anilines is 1. The molecule has 4 nitrogen and oxygen atoms in total. The summed E-state index contributed by atoms with van der Waals surface area (Å²) in [6.45, 7) is 0.641. The molecule has 0 aliphatic carbocycles. The van der Waals surface area contributed by atoms with Crippen molar-refractivity contribution in [2.24, 2.45) is 10.9 Å². The van der Waals surface area contributed by atoms with Crippen molar-refractivity contribution in [1.29, 1.82) is 0 Å². The molecule has 21 heavy (non-hydrogen) atoms. The lowest BCUT2D eigenvalue weighted by Gasteiger charge is -2.20. The van der Waals surface area contributed by atoms with Crippen LogP contribution in [0.4, 0.5) is 10.1 Å². The number of hydrogen-bond acceptors (Lipinski definition) is 3. The molecule has 2 rings (SSSR count). The second kappa shape index (κ2) is 6.58. The Morgan fingerprint density at radius 2 is 1.95 bits per heavy atom. The van der Waals surface area contributed by atoms with Crippen molar-refractivity contribution in [3.05, 3.63) is 63.9 Å². The van der Waals surface area contributed by atoms with Gasteiger partial charge in [-0.05, 0) is 57.9 Å². The predicted octanol–water partition coefficient (Wildman–Crippen LogP) is 3.32. The average molecular weight is 352 g/mol. The quantitative estimate of drug-likeness (QED) is 0.384. The van der Waals surface area contributed by atoms with Crippen molar-refractivity contribution in [3.8, 4) is 0 Å². The summed E-state index contributed by atoms with van der Waals surface area (Å²) in [5.41, 5.74) is 8.14. The number of rotatable bonds is 4. The first kappa shape index (κ1) is 15.3. The zero-order valence-electron chi connectivity index (χ0n) is 11.4. The van der Waals surface area contributed by atoms with Gasteiger partial charge in [0.1, 0.15) is 5.82 Å². The predicted molar refractivity (Wildman–Crippen MR) is 85.2 cm³/mol. The first-order valence-corrected chi connectivity index (χ1v) is 7.03. The van der Waals surface area contributed by atoms with Crippen LogP contribution >= 0.6 is 15.9 Å². The van der Waals surface area contributed by atoms with Crippen molar-refractivity contribution < 1.29 is 9.60 Å². The van der Waals surface area contributed by atoms with Crippen LogP contribution in [0.25, 0.3) is 0 Å². The lowest BCUT2D eigenvalue weighted by molar-refractivity contribution is 0.318. The molecule has 0 saturated carbocycles. The van der Waals surface area contributed by atoms with Crippen LogP contribution in [0.2, 0.25) is 0 Å². The van der Waals surface area contributed by atoms with Crippen molar-refractivity contribution in [2.75, 3.05) is 11.9 Å². The molecule has 0 heterocycles. The van der Waals surface area contributed by atoms with E-state index in [2.05, 4.69) is 21.1 Å². The lowest BCUT2D eigenvalue weighted by Crippen LogP contribution is -2.17. The fraction of sp³-hybridized carbons (Fsp3) is 0.133. The van der Waals surface area contributed by atoms with Crippen molar-refractivity contribution in [3.63, 3.8) is 0 Å². The van der Waals surface area contributed by atoms with Crippen molar-refractivity contribution in [1.82, 2.24) is 0 Å². The topological polar surface area (TPSA) is 61.8 Å². The van der Waals surface area contributed by atoms with E-state index in [0.29, 0.717) is 16.6 Å². The third-order valence-electron chi connectivity index (χ3n) is 3.12. The van der Waals surface area contributed by atoms with E-state index >= 15 is 0 Å². The first-order chi connectivity index (χ1) is 10.0. The second-order valence-corrected chi connectivity index (χ2v) is 5.49. The number of nitrogens with two attached hydrogens (primary N) is 1. The maximum Gasteiger partial charge on any atom is 0.170 e. The highest BCUT2D eigenvalue weighted by atomic mass is 79.9. The van der Waals surface area contributed by atoms with E-state index in [1.54, 1.807) is 24.3 Å². The van der Waals surface area contributed by atoms with Crippen molar-refractivity contribution in [2.45, 2.75) is 6.54 Å². The summed E-state index contributed by atoms with van der Waals surface area (Å²) in [7, 11) is 1.94. The molecule has 0 spiro atoms. The summed E-state index contributed by atoms with van der Waals surface area (Å²) in [6, 6.07) is 12.3. The molecule has 3 N–H and O–H groups in total. The molecule has 6 heteroatoms. The number of benzene rings is 2. The summed E-state index contributed by atoms with van der Waals surface area (Å²) < 4.78 is 13.7. The molecule has 2 aromatic carbocycles. The molecule has 0 atom stereocenters. The first-order valence-electron chi connectivity index (χ1n) is 6.24. The highest BCUT2D eigenvalue weighted by Gasteiger charge is 2.06. The zero-order chi connectivity index (χ0) is 15.4. The lowest BCUT2D eigenvalue weighted by atomic mass is 10.1. The molecule has 0 saturated heterocycles. The van der Waals surface area contributed by atoms with Gasteiger partial charge in [-0.25, -0.2) is 4.39 Å². The number of oxime groups is 1. The van der Waals surface area contributed by atoms with Gasteiger partial charge < -0.3 is 15.8 Å². The van der Waals surface area contributed by atoms with Crippen LogP contribution in [0, 0.1) is 5.82 Å². The van der Waals surface area contributed by atoms with Gasteiger partial charge in [-0.3, -0.25) is 0 Å². The molecular formula is C15H15BrFN3O. The van der Waals surface area contributed by atoms with Gasteiger partial charge in [-0.1, -0.05) is 11.2 Å². The highest BCUT2D eigenvalue weighted by Crippen LogP contribution is 2.20. The van der Waals surface area contributed by atoms with Crippen LogP contribution in [0.15, 0.2) is 52.1 Å². The maximum absolute atomic E-state index is 13.2. The number of amidine groups is 1. The van der Waals surface area contributed by atoms with Crippen LogP contribution in [0.1, 0.15) is 11.1 Å². The minimum absolute atomic E-state index is 0.0756. The Labute approximate surface area is 130 Å². The Kier molecular flexibility index (Phi) is 4.80.